The van der Waals surface area contributed by atoms with Gasteiger partial charge in [0.05, 0.1) is 10.7 Å². The topological polar surface area (TPSA) is 61.6 Å². The van der Waals surface area contributed by atoms with Crippen molar-refractivity contribution in [3.8, 4) is 0 Å². The molecule has 3 aromatic heterocycles. The number of rotatable bonds is 4. The molecule has 0 bridgehead atoms. The van der Waals surface area contributed by atoms with E-state index in [9.17, 15) is 0 Å². The van der Waals surface area contributed by atoms with Crippen molar-refractivity contribution in [3.63, 3.8) is 0 Å². The molecule has 0 amide bonds. The third-order valence-corrected chi connectivity index (χ3v) is 4.88. The molecule has 7 nitrogen and oxygen atoms in total. The maximum atomic E-state index is 4.44. The van der Waals surface area contributed by atoms with Crippen LogP contribution < -0.4 is 10.2 Å². The predicted molar refractivity (Wildman–Crippen MR) is 102 cm³/mol. The lowest BCUT2D eigenvalue weighted by Crippen LogP contribution is -2.44. The van der Waals surface area contributed by atoms with Crippen LogP contribution in [0.4, 0.5) is 11.5 Å². The van der Waals surface area contributed by atoms with Crippen LogP contribution in [0.15, 0.2) is 41.4 Å². The molecule has 8 heteroatoms. The van der Waals surface area contributed by atoms with Crippen molar-refractivity contribution in [1.82, 2.24) is 24.5 Å². The third kappa shape index (κ3) is 3.59. The van der Waals surface area contributed by atoms with Gasteiger partial charge in [-0.2, -0.15) is 5.10 Å². The van der Waals surface area contributed by atoms with Crippen LogP contribution in [0, 0.1) is 0 Å². The van der Waals surface area contributed by atoms with E-state index >= 15 is 0 Å². The summed E-state index contributed by atoms with van der Waals surface area (Å²) in [5.74, 6) is 0.868. The first kappa shape index (κ1) is 16.3. The minimum Gasteiger partial charge on any atom is -0.369 e. The summed E-state index contributed by atoms with van der Waals surface area (Å²) < 4.78 is 2.68. The molecule has 1 aliphatic rings. The van der Waals surface area contributed by atoms with Crippen molar-refractivity contribution >= 4 is 33.1 Å². The van der Waals surface area contributed by atoms with Gasteiger partial charge in [0.2, 0.25) is 0 Å². The fraction of sp³-hybridized carbons (Fsp3) is 0.353. The van der Waals surface area contributed by atoms with E-state index in [1.165, 1.54) is 5.69 Å². The van der Waals surface area contributed by atoms with Crippen LogP contribution in [0.2, 0.25) is 0 Å². The lowest BCUT2D eigenvalue weighted by atomic mass is 10.2. The Morgan fingerprint density at radius 3 is 2.84 bits per heavy atom. The molecular formula is C17H20BrN7. The van der Waals surface area contributed by atoms with Gasteiger partial charge in [0.1, 0.15) is 5.82 Å². The van der Waals surface area contributed by atoms with Crippen LogP contribution >= 0.6 is 15.9 Å². The number of fused-ring (bicyclic) bond motifs is 1. The van der Waals surface area contributed by atoms with Crippen molar-refractivity contribution in [3.05, 3.63) is 47.0 Å². The van der Waals surface area contributed by atoms with Gasteiger partial charge in [0.15, 0.2) is 5.65 Å². The van der Waals surface area contributed by atoms with Crippen LogP contribution in [0.3, 0.4) is 0 Å². The van der Waals surface area contributed by atoms with E-state index < -0.39 is 0 Å². The highest BCUT2D eigenvalue weighted by molar-refractivity contribution is 9.10. The fourth-order valence-corrected chi connectivity index (χ4v) is 3.29. The van der Waals surface area contributed by atoms with Crippen molar-refractivity contribution in [2.75, 3.05) is 43.4 Å². The summed E-state index contributed by atoms with van der Waals surface area (Å²) in [5, 5.41) is 7.73. The fourth-order valence-electron chi connectivity index (χ4n) is 2.99. The zero-order valence-corrected chi connectivity index (χ0v) is 15.6. The molecule has 4 rings (SSSR count). The third-order valence-electron chi connectivity index (χ3n) is 4.47. The number of aromatic nitrogens is 4. The average Bonchev–Trinajstić information content (AvgIpc) is 3.03. The molecule has 0 aliphatic carbocycles. The first-order valence-electron chi connectivity index (χ1n) is 8.30. The SMILES string of the molecule is CN1CCN(c2ccnc(NCc3cnn4cc(Br)cnc34)c2)CC1. The smallest absolute Gasteiger partial charge is 0.159 e. The molecule has 0 aromatic carbocycles. The van der Waals surface area contributed by atoms with Crippen molar-refractivity contribution in [2.24, 2.45) is 0 Å². The minimum atomic E-state index is 0.636. The molecule has 1 aliphatic heterocycles. The number of nitrogens with one attached hydrogen (secondary N) is 1. The van der Waals surface area contributed by atoms with E-state index in [4.69, 9.17) is 0 Å². The molecule has 0 atom stereocenters. The largest absolute Gasteiger partial charge is 0.369 e. The Morgan fingerprint density at radius 2 is 2.00 bits per heavy atom. The number of pyridine rings is 1. The minimum absolute atomic E-state index is 0.636. The number of hydrogen-bond donors (Lipinski definition) is 1. The highest BCUT2D eigenvalue weighted by Crippen LogP contribution is 2.20. The maximum absolute atomic E-state index is 4.44. The Morgan fingerprint density at radius 1 is 1.16 bits per heavy atom. The summed E-state index contributed by atoms with van der Waals surface area (Å²) in [5.41, 5.74) is 3.11. The Balaban J connectivity index is 1.46. The van der Waals surface area contributed by atoms with E-state index in [1.54, 1.807) is 10.7 Å². The van der Waals surface area contributed by atoms with Gasteiger partial charge in [0, 0.05) is 68.6 Å². The molecule has 1 N–H and O–H groups in total. The first-order chi connectivity index (χ1) is 12.2. The summed E-state index contributed by atoms with van der Waals surface area (Å²) in [4.78, 5) is 13.6. The number of anilines is 2. The Labute approximate surface area is 154 Å². The van der Waals surface area contributed by atoms with Gasteiger partial charge >= 0.3 is 0 Å². The lowest BCUT2D eigenvalue weighted by molar-refractivity contribution is 0.313. The second-order valence-electron chi connectivity index (χ2n) is 6.25. The van der Waals surface area contributed by atoms with E-state index in [-0.39, 0.29) is 0 Å². The van der Waals surface area contributed by atoms with Crippen LogP contribution in [0.25, 0.3) is 5.65 Å². The summed E-state index contributed by atoms with van der Waals surface area (Å²) in [7, 11) is 2.17. The molecule has 0 spiro atoms. The Bertz CT molecular complexity index is 870. The zero-order chi connectivity index (χ0) is 17.2. The summed E-state index contributed by atoms with van der Waals surface area (Å²) >= 11 is 3.41. The highest BCUT2D eigenvalue weighted by atomic mass is 79.9. The van der Waals surface area contributed by atoms with Crippen LogP contribution in [-0.2, 0) is 6.54 Å². The van der Waals surface area contributed by atoms with Crippen LogP contribution in [0.1, 0.15) is 5.56 Å². The first-order valence-corrected chi connectivity index (χ1v) is 9.09. The van der Waals surface area contributed by atoms with Gasteiger partial charge in [-0.3, -0.25) is 0 Å². The highest BCUT2D eigenvalue weighted by Gasteiger charge is 2.14. The van der Waals surface area contributed by atoms with Gasteiger partial charge in [-0.05, 0) is 29.0 Å². The predicted octanol–water partition coefficient (Wildman–Crippen LogP) is 2.25. The standard InChI is InChI=1S/C17H20BrN7/c1-23-4-6-24(7-5-23)15-2-3-19-16(8-15)20-9-13-10-22-25-12-14(18)11-21-17(13)25/h2-3,8,10-12H,4-7,9H2,1H3,(H,19,20). The molecule has 25 heavy (non-hydrogen) atoms. The summed E-state index contributed by atoms with van der Waals surface area (Å²) in [6.07, 6.45) is 7.39. The van der Waals surface area contributed by atoms with Gasteiger partial charge < -0.3 is 15.1 Å². The molecular weight excluding hydrogens is 382 g/mol. The number of likely N-dealkylation sites (N-methyl/N-ethyl adjacent to an activating group) is 1. The zero-order valence-electron chi connectivity index (χ0n) is 14.1. The number of hydrogen-bond acceptors (Lipinski definition) is 6. The van der Waals surface area contributed by atoms with E-state index in [0.29, 0.717) is 6.54 Å². The molecule has 1 fully saturated rings. The van der Waals surface area contributed by atoms with Crippen molar-refractivity contribution < 1.29 is 0 Å². The van der Waals surface area contributed by atoms with Gasteiger partial charge in [-0.15, -0.1) is 0 Å². The Kier molecular flexibility index (Phi) is 4.54. The molecule has 4 heterocycles. The normalized spacial score (nSPS) is 15.7. The monoisotopic (exact) mass is 401 g/mol. The number of piperazine rings is 1. The molecule has 3 aromatic rings. The average molecular weight is 402 g/mol. The van der Waals surface area contributed by atoms with E-state index in [0.717, 1.165) is 47.7 Å². The maximum Gasteiger partial charge on any atom is 0.159 e. The van der Waals surface area contributed by atoms with Gasteiger partial charge in [-0.25, -0.2) is 14.5 Å². The van der Waals surface area contributed by atoms with Gasteiger partial charge in [-0.1, -0.05) is 0 Å². The lowest BCUT2D eigenvalue weighted by Gasteiger charge is -2.34. The van der Waals surface area contributed by atoms with Crippen molar-refractivity contribution in [2.45, 2.75) is 6.54 Å². The second kappa shape index (κ2) is 6.97. The molecule has 0 unspecified atom stereocenters. The second-order valence-corrected chi connectivity index (χ2v) is 7.17. The van der Waals surface area contributed by atoms with E-state index in [2.05, 4.69) is 65.3 Å². The summed E-state index contributed by atoms with van der Waals surface area (Å²) in [6.45, 7) is 4.92. The van der Waals surface area contributed by atoms with Gasteiger partial charge in [0.25, 0.3) is 0 Å². The molecule has 130 valence electrons. The van der Waals surface area contributed by atoms with Crippen molar-refractivity contribution in [1.29, 1.82) is 0 Å². The summed E-state index contributed by atoms with van der Waals surface area (Å²) in [6, 6.07) is 4.19. The van der Waals surface area contributed by atoms with Crippen LogP contribution in [-0.4, -0.2) is 57.7 Å². The number of nitrogens with zero attached hydrogens (tertiary/aromatic N) is 6. The van der Waals surface area contributed by atoms with Crippen LogP contribution in [0.5, 0.6) is 0 Å². The molecule has 0 saturated carbocycles. The quantitative estimate of drug-likeness (QED) is 0.723. The molecule has 0 radical (unpaired) electrons. The van der Waals surface area contributed by atoms with E-state index in [1.807, 2.05) is 18.6 Å². The Hall–Kier alpha value is -2.19. The molecule has 1 saturated heterocycles. The number of halogens is 1.